The van der Waals surface area contributed by atoms with Crippen LogP contribution in [-0.2, 0) is 20.9 Å². The molecule has 1 N–H and O–H groups in total. The summed E-state index contributed by atoms with van der Waals surface area (Å²) in [5, 5.41) is 2.29. The maximum Gasteiger partial charge on any atom is 0.0384 e. The molecule has 0 heterocycles. The number of hydrogen-bond donors (Lipinski definition) is 1. The van der Waals surface area contributed by atoms with E-state index in [0.29, 0.717) is 0 Å². The van der Waals surface area contributed by atoms with Gasteiger partial charge in [-0.3, -0.25) is 0 Å². The summed E-state index contributed by atoms with van der Waals surface area (Å²) in [6, 6.07) is 13.8. The van der Waals surface area contributed by atoms with Gasteiger partial charge in [0.2, 0.25) is 0 Å². The van der Waals surface area contributed by atoms with Crippen LogP contribution < -0.4 is 0 Å². The third-order valence-electron chi connectivity index (χ3n) is 1.92. The van der Waals surface area contributed by atoms with E-state index in [4.69, 9.17) is 11.2 Å². The molecule has 2 rings (SSSR count). The Kier molecular flexibility index (Phi) is 2.40. The summed E-state index contributed by atoms with van der Waals surface area (Å²) in [4.78, 5) is 0.814. The monoisotopic (exact) mass is 208 g/mol. The van der Waals surface area contributed by atoms with Gasteiger partial charge in [0, 0.05) is 14.6 Å². The second-order valence-electron chi connectivity index (χ2n) is 2.76. The van der Waals surface area contributed by atoms with E-state index in [2.05, 4.69) is 0 Å². The van der Waals surface area contributed by atoms with E-state index in [1.807, 2.05) is 42.5 Å². The van der Waals surface area contributed by atoms with E-state index in [9.17, 15) is 4.55 Å². The van der Waals surface area contributed by atoms with Crippen molar-refractivity contribution in [3.05, 3.63) is 42.5 Å². The van der Waals surface area contributed by atoms with Gasteiger partial charge in [0.15, 0.2) is 0 Å². The van der Waals surface area contributed by atoms with E-state index < -0.39 is 9.74 Å². The molecule has 0 saturated heterocycles. The largest absolute Gasteiger partial charge is 0.323 e. The van der Waals surface area contributed by atoms with E-state index in [0.717, 1.165) is 10.3 Å². The first-order valence-corrected chi connectivity index (χ1v) is 5.98. The molecule has 0 amide bonds. The zero-order valence-corrected chi connectivity index (χ0v) is 8.44. The molecule has 0 saturated carbocycles. The third kappa shape index (κ3) is 1.77. The van der Waals surface area contributed by atoms with Crippen LogP contribution in [0.3, 0.4) is 0 Å². The Morgan fingerprint density at radius 3 is 2.38 bits per heavy atom. The van der Waals surface area contributed by atoms with Gasteiger partial charge >= 0.3 is 0 Å². The summed E-state index contributed by atoms with van der Waals surface area (Å²) in [5.41, 5.74) is 0. The van der Waals surface area contributed by atoms with Crippen molar-refractivity contribution in [3.63, 3.8) is 0 Å². The Morgan fingerprint density at radius 2 is 1.69 bits per heavy atom. The Hall–Kier alpha value is -0.770. The van der Waals surface area contributed by atoms with Crippen LogP contribution in [0.15, 0.2) is 47.4 Å². The van der Waals surface area contributed by atoms with Gasteiger partial charge in [0.25, 0.3) is 0 Å². The normalized spacial score (nSPS) is 13.0. The highest BCUT2D eigenvalue weighted by Gasteiger charge is 1.96. The summed E-state index contributed by atoms with van der Waals surface area (Å²) in [6.07, 6.45) is 0. The summed E-state index contributed by atoms with van der Waals surface area (Å²) in [6.45, 7) is 0. The van der Waals surface area contributed by atoms with Gasteiger partial charge in [0.05, 0.1) is 0 Å². The number of hydrogen-bond acceptors (Lipinski definition) is 1. The molecular weight excluding hydrogens is 200 g/mol. The number of benzene rings is 2. The lowest BCUT2D eigenvalue weighted by Gasteiger charge is -2.00. The van der Waals surface area contributed by atoms with E-state index >= 15 is 0 Å². The lowest BCUT2D eigenvalue weighted by atomic mass is 10.1. The Morgan fingerprint density at radius 1 is 1.00 bits per heavy atom. The molecule has 0 fully saturated rings. The smallest absolute Gasteiger partial charge is 0.0384 e. The van der Waals surface area contributed by atoms with Gasteiger partial charge in [-0.05, 0) is 34.1 Å². The Labute approximate surface area is 83.8 Å². The van der Waals surface area contributed by atoms with Crippen molar-refractivity contribution in [2.75, 3.05) is 0 Å². The fourth-order valence-electron chi connectivity index (χ4n) is 1.28. The molecule has 1 unspecified atom stereocenters. The molecule has 0 aliphatic heterocycles. The summed E-state index contributed by atoms with van der Waals surface area (Å²) in [7, 11) is -1.05. The SMILES string of the molecule is OS(=S)c1ccc2ccccc2c1. The quantitative estimate of drug-likeness (QED) is 0.777. The lowest BCUT2D eigenvalue weighted by molar-refractivity contribution is 0.656. The maximum atomic E-state index is 9.23. The molecule has 66 valence electrons. The molecule has 0 aliphatic carbocycles. The van der Waals surface area contributed by atoms with Crippen molar-refractivity contribution < 1.29 is 4.55 Å². The maximum absolute atomic E-state index is 9.23. The van der Waals surface area contributed by atoms with Crippen molar-refractivity contribution in [2.24, 2.45) is 0 Å². The third-order valence-corrected chi connectivity index (χ3v) is 3.16. The van der Waals surface area contributed by atoms with Crippen molar-refractivity contribution in [1.82, 2.24) is 0 Å². The molecule has 0 aromatic heterocycles. The summed E-state index contributed by atoms with van der Waals surface area (Å²) >= 11 is 4.79. The zero-order valence-electron chi connectivity index (χ0n) is 6.81. The number of rotatable bonds is 1. The molecule has 2 aromatic rings. The number of fused-ring (bicyclic) bond motifs is 1. The van der Waals surface area contributed by atoms with Gasteiger partial charge in [-0.15, -0.1) is 0 Å². The molecule has 0 radical (unpaired) electrons. The molecule has 2 aromatic carbocycles. The average Bonchev–Trinajstić information content (AvgIpc) is 2.17. The van der Waals surface area contributed by atoms with Crippen LogP contribution in [-0.4, -0.2) is 4.55 Å². The topological polar surface area (TPSA) is 20.2 Å². The van der Waals surface area contributed by atoms with E-state index in [1.165, 1.54) is 5.39 Å². The van der Waals surface area contributed by atoms with Crippen molar-refractivity contribution in [2.45, 2.75) is 4.90 Å². The highest BCUT2D eigenvalue weighted by molar-refractivity contribution is 8.25. The molecule has 0 bridgehead atoms. The standard InChI is InChI=1S/C10H8OS2/c11-13(12)10-6-5-8-3-1-2-4-9(8)7-10/h1-7H,(H,11,12). The average molecular weight is 208 g/mol. The molecule has 0 spiro atoms. The molecule has 1 nitrogen and oxygen atoms in total. The van der Waals surface area contributed by atoms with Gasteiger partial charge in [-0.1, -0.05) is 30.3 Å². The van der Waals surface area contributed by atoms with Crippen LogP contribution in [0.25, 0.3) is 10.8 Å². The first-order valence-electron chi connectivity index (χ1n) is 3.87. The van der Waals surface area contributed by atoms with Crippen LogP contribution in [0, 0.1) is 0 Å². The van der Waals surface area contributed by atoms with Gasteiger partial charge in [0.1, 0.15) is 0 Å². The Bertz CT molecular complexity index is 465. The summed E-state index contributed by atoms with van der Waals surface area (Å²) < 4.78 is 9.23. The van der Waals surface area contributed by atoms with Crippen molar-refractivity contribution in [1.29, 1.82) is 0 Å². The highest BCUT2D eigenvalue weighted by atomic mass is 32.8. The summed E-state index contributed by atoms with van der Waals surface area (Å²) in [5.74, 6) is 0. The lowest BCUT2D eigenvalue weighted by Crippen LogP contribution is -1.85. The van der Waals surface area contributed by atoms with Gasteiger partial charge < -0.3 is 4.55 Å². The molecule has 1 atom stereocenters. The van der Waals surface area contributed by atoms with Crippen LogP contribution in [0.1, 0.15) is 0 Å². The van der Waals surface area contributed by atoms with Gasteiger partial charge in [-0.2, -0.15) is 0 Å². The van der Waals surface area contributed by atoms with Crippen LogP contribution >= 0.6 is 0 Å². The molecular formula is C10H8OS2. The second-order valence-corrected chi connectivity index (χ2v) is 4.68. The minimum absolute atomic E-state index is 0.814. The molecule has 3 heteroatoms. The molecule has 13 heavy (non-hydrogen) atoms. The fourth-order valence-corrected chi connectivity index (χ4v) is 2.00. The zero-order chi connectivity index (χ0) is 9.26. The van der Waals surface area contributed by atoms with E-state index in [-0.39, 0.29) is 0 Å². The molecule has 0 aliphatic rings. The van der Waals surface area contributed by atoms with Crippen LogP contribution in [0.5, 0.6) is 0 Å². The van der Waals surface area contributed by atoms with E-state index in [1.54, 1.807) is 0 Å². The fraction of sp³-hybridized carbons (Fsp3) is 0. The van der Waals surface area contributed by atoms with Crippen molar-refractivity contribution >= 4 is 31.7 Å². The van der Waals surface area contributed by atoms with Crippen LogP contribution in [0.2, 0.25) is 0 Å². The van der Waals surface area contributed by atoms with Crippen LogP contribution in [0.4, 0.5) is 0 Å². The first kappa shape index (κ1) is 8.81. The minimum Gasteiger partial charge on any atom is -0.323 e. The predicted octanol–water partition coefficient (Wildman–Crippen LogP) is 2.75. The predicted molar refractivity (Wildman–Crippen MR) is 59.6 cm³/mol. The van der Waals surface area contributed by atoms with Crippen molar-refractivity contribution in [3.8, 4) is 0 Å². The Balaban J connectivity index is 2.69. The highest BCUT2D eigenvalue weighted by Crippen LogP contribution is 2.17. The van der Waals surface area contributed by atoms with Gasteiger partial charge in [-0.25, -0.2) is 0 Å². The first-order chi connectivity index (χ1) is 6.27. The second kappa shape index (κ2) is 3.54. The minimum atomic E-state index is -1.05.